The van der Waals surface area contributed by atoms with Gasteiger partial charge in [0.25, 0.3) is 0 Å². The van der Waals surface area contributed by atoms with E-state index in [4.69, 9.17) is 0 Å². The van der Waals surface area contributed by atoms with Crippen molar-refractivity contribution in [3.63, 3.8) is 0 Å². The van der Waals surface area contributed by atoms with Crippen LogP contribution in [0.5, 0.6) is 0 Å². The lowest BCUT2D eigenvalue weighted by Gasteiger charge is -2.14. The maximum Gasteiger partial charge on any atom is 0.305 e. The molecule has 0 amide bonds. The minimum absolute atomic E-state index is 0.138. The molecule has 0 spiro atoms. The normalized spacial score (nSPS) is 13.8. The largest absolute Gasteiger partial charge is 0.469 e. The molecule has 0 aromatic rings. The maximum absolute atomic E-state index is 11.1. The highest BCUT2D eigenvalue weighted by atomic mass is 16.5. The summed E-state index contributed by atoms with van der Waals surface area (Å²) in [7, 11) is 2.84. The molecule has 4 nitrogen and oxygen atoms in total. The fourth-order valence-electron chi connectivity index (χ4n) is 1.88. The summed E-state index contributed by atoms with van der Waals surface area (Å²) in [6.07, 6.45) is 5.00. The molecule has 0 saturated heterocycles. The molecular formula is C14H26O4. The lowest BCUT2D eigenvalue weighted by atomic mass is 9.93. The predicted octanol–water partition coefficient (Wildman–Crippen LogP) is 2.95. The Morgan fingerprint density at radius 1 is 0.889 bits per heavy atom. The van der Waals surface area contributed by atoms with Crippen LogP contribution in [0.1, 0.15) is 52.4 Å². The average Bonchev–Trinajstić information content (AvgIpc) is 2.35. The van der Waals surface area contributed by atoms with Gasteiger partial charge >= 0.3 is 11.9 Å². The molecule has 2 atom stereocenters. The van der Waals surface area contributed by atoms with Gasteiger partial charge in [-0.1, -0.05) is 26.7 Å². The minimum atomic E-state index is -0.138. The van der Waals surface area contributed by atoms with Crippen molar-refractivity contribution in [3.8, 4) is 0 Å². The second-order valence-electron chi connectivity index (χ2n) is 5.04. The molecule has 0 aliphatic carbocycles. The number of carbonyl (C=O) groups excluding carboxylic acids is 2. The molecule has 0 N–H and O–H groups in total. The smallest absolute Gasteiger partial charge is 0.305 e. The Morgan fingerprint density at radius 2 is 1.44 bits per heavy atom. The molecule has 4 heteroatoms. The van der Waals surface area contributed by atoms with E-state index in [1.54, 1.807) is 0 Å². The summed E-state index contributed by atoms with van der Waals surface area (Å²) < 4.78 is 9.24. The first-order chi connectivity index (χ1) is 8.49. The molecule has 0 fully saturated rings. The van der Waals surface area contributed by atoms with Gasteiger partial charge in [0, 0.05) is 12.8 Å². The van der Waals surface area contributed by atoms with Gasteiger partial charge in [0.2, 0.25) is 0 Å². The summed E-state index contributed by atoms with van der Waals surface area (Å²) in [4.78, 5) is 22.0. The Balaban J connectivity index is 3.60. The zero-order chi connectivity index (χ0) is 14.0. The van der Waals surface area contributed by atoms with E-state index in [9.17, 15) is 9.59 Å². The lowest BCUT2D eigenvalue weighted by molar-refractivity contribution is -0.142. The van der Waals surface area contributed by atoms with Gasteiger partial charge in [-0.15, -0.1) is 0 Å². The first kappa shape index (κ1) is 16.9. The number of ether oxygens (including phenoxy) is 2. The fourth-order valence-corrected chi connectivity index (χ4v) is 1.88. The molecule has 0 rings (SSSR count). The molecular weight excluding hydrogens is 232 g/mol. The summed E-state index contributed by atoms with van der Waals surface area (Å²) >= 11 is 0. The third kappa shape index (κ3) is 9.02. The lowest BCUT2D eigenvalue weighted by Crippen LogP contribution is -2.09. The number of esters is 2. The summed E-state index contributed by atoms with van der Waals surface area (Å²) in [6, 6.07) is 0. The van der Waals surface area contributed by atoms with Gasteiger partial charge in [0.15, 0.2) is 0 Å². The van der Waals surface area contributed by atoms with Gasteiger partial charge in [-0.05, 0) is 24.7 Å². The van der Waals surface area contributed by atoms with Gasteiger partial charge in [0.05, 0.1) is 14.2 Å². The predicted molar refractivity (Wildman–Crippen MR) is 70.1 cm³/mol. The highest BCUT2D eigenvalue weighted by molar-refractivity contribution is 5.69. The molecule has 0 bridgehead atoms. The first-order valence-electron chi connectivity index (χ1n) is 6.63. The topological polar surface area (TPSA) is 52.6 Å². The van der Waals surface area contributed by atoms with Crippen LogP contribution in [0, 0.1) is 11.8 Å². The third-order valence-corrected chi connectivity index (χ3v) is 3.20. The van der Waals surface area contributed by atoms with Crippen LogP contribution in [0.4, 0.5) is 0 Å². The van der Waals surface area contributed by atoms with Crippen LogP contribution < -0.4 is 0 Å². The van der Waals surface area contributed by atoms with Gasteiger partial charge in [-0.3, -0.25) is 9.59 Å². The highest BCUT2D eigenvalue weighted by Gasteiger charge is 2.11. The van der Waals surface area contributed by atoms with Crippen LogP contribution in [-0.4, -0.2) is 26.2 Å². The van der Waals surface area contributed by atoms with E-state index in [2.05, 4.69) is 23.3 Å². The Kier molecular flexibility index (Phi) is 9.33. The van der Waals surface area contributed by atoms with E-state index in [0.29, 0.717) is 24.7 Å². The Morgan fingerprint density at radius 3 is 2.00 bits per heavy atom. The molecule has 0 saturated carbocycles. The van der Waals surface area contributed by atoms with E-state index in [1.165, 1.54) is 14.2 Å². The molecule has 0 heterocycles. The Bertz CT molecular complexity index is 250. The fraction of sp³-hybridized carbons (Fsp3) is 0.857. The average molecular weight is 258 g/mol. The molecule has 106 valence electrons. The van der Waals surface area contributed by atoms with Gasteiger partial charge in [0.1, 0.15) is 0 Å². The molecule has 18 heavy (non-hydrogen) atoms. The zero-order valence-electron chi connectivity index (χ0n) is 12.0. The zero-order valence-corrected chi connectivity index (χ0v) is 12.0. The molecule has 0 aromatic heterocycles. The Labute approximate surface area is 110 Å². The van der Waals surface area contributed by atoms with Gasteiger partial charge in [-0.25, -0.2) is 0 Å². The second-order valence-corrected chi connectivity index (χ2v) is 5.04. The number of methoxy groups -OCH3 is 2. The standard InChI is InChI=1S/C14H26O4/c1-11(6-5-7-13(15)17-3)8-9-12(2)10-14(16)18-4/h11-12H,5-10H2,1-4H3. The highest BCUT2D eigenvalue weighted by Crippen LogP contribution is 2.19. The van der Waals surface area contributed by atoms with Crippen molar-refractivity contribution < 1.29 is 19.1 Å². The maximum atomic E-state index is 11.1. The van der Waals surface area contributed by atoms with Crippen LogP contribution in [0.15, 0.2) is 0 Å². The summed E-state index contributed by atoms with van der Waals surface area (Å²) in [6.45, 7) is 4.25. The number of carbonyl (C=O) groups is 2. The van der Waals surface area contributed by atoms with Crippen molar-refractivity contribution in [2.45, 2.75) is 52.4 Å². The van der Waals surface area contributed by atoms with Crippen LogP contribution in [-0.2, 0) is 19.1 Å². The summed E-state index contributed by atoms with van der Waals surface area (Å²) in [5.74, 6) is 0.664. The van der Waals surface area contributed by atoms with Gasteiger partial charge in [-0.2, -0.15) is 0 Å². The van der Waals surface area contributed by atoms with Crippen LogP contribution in [0.25, 0.3) is 0 Å². The summed E-state index contributed by atoms with van der Waals surface area (Å²) in [5.41, 5.74) is 0. The SMILES string of the molecule is COC(=O)CCCC(C)CCC(C)CC(=O)OC. The number of rotatable bonds is 9. The molecule has 0 aliphatic heterocycles. The minimum Gasteiger partial charge on any atom is -0.469 e. The van der Waals surface area contributed by atoms with E-state index >= 15 is 0 Å². The molecule has 0 radical (unpaired) electrons. The monoisotopic (exact) mass is 258 g/mol. The van der Waals surface area contributed by atoms with Crippen molar-refractivity contribution in [2.75, 3.05) is 14.2 Å². The molecule has 2 unspecified atom stereocenters. The van der Waals surface area contributed by atoms with Gasteiger partial charge < -0.3 is 9.47 Å². The summed E-state index contributed by atoms with van der Waals surface area (Å²) in [5, 5.41) is 0. The van der Waals surface area contributed by atoms with Crippen LogP contribution >= 0.6 is 0 Å². The second kappa shape index (κ2) is 9.92. The van der Waals surface area contributed by atoms with Crippen LogP contribution in [0.2, 0.25) is 0 Å². The number of hydrogen-bond donors (Lipinski definition) is 0. The van der Waals surface area contributed by atoms with Crippen molar-refractivity contribution in [1.82, 2.24) is 0 Å². The van der Waals surface area contributed by atoms with Crippen molar-refractivity contribution >= 4 is 11.9 Å². The van der Waals surface area contributed by atoms with E-state index in [1.807, 2.05) is 0 Å². The number of hydrogen-bond acceptors (Lipinski definition) is 4. The quantitative estimate of drug-likeness (QED) is 0.597. The van der Waals surface area contributed by atoms with E-state index in [0.717, 1.165) is 25.7 Å². The van der Waals surface area contributed by atoms with E-state index in [-0.39, 0.29) is 11.9 Å². The van der Waals surface area contributed by atoms with Crippen molar-refractivity contribution in [2.24, 2.45) is 11.8 Å². The Hall–Kier alpha value is -1.06. The van der Waals surface area contributed by atoms with Crippen LogP contribution in [0.3, 0.4) is 0 Å². The molecule has 0 aliphatic rings. The first-order valence-corrected chi connectivity index (χ1v) is 6.63. The van der Waals surface area contributed by atoms with Crippen molar-refractivity contribution in [1.29, 1.82) is 0 Å². The van der Waals surface area contributed by atoms with E-state index < -0.39 is 0 Å². The van der Waals surface area contributed by atoms with Crippen molar-refractivity contribution in [3.05, 3.63) is 0 Å². The third-order valence-electron chi connectivity index (χ3n) is 3.20. The molecule has 0 aromatic carbocycles.